The number of fused-ring (bicyclic) bond motifs is 1. The van der Waals surface area contributed by atoms with Crippen LogP contribution >= 0.6 is 0 Å². The topological polar surface area (TPSA) is 49.2 Å². The molecule has 3 heterocycles. The lowest BCUT2D eigenvalue weighted by Gasteiger charge is -2.05. The molecule has 0 unspecified atom stereocenters. The molecular weight excluding hydrogens is 278 g/mol. The van der Waals surface area contributed by atoms with E-state index < -0.39 is 0 Å². The van der Waals surface area contributed by atoms with Gasteiger partial charge in [-0.3, -0.25) is 0 Å². The number of aromatic nitrogens is 3. The van der Waals surface area contributed by atoms with Gasteiger partial charge in [0.05, 0.1) is 13.2 Å². The third-order valence-corrected chi connectivity index (χ3v) is 4.37. The van der Waals surface area contributed by atoms with Gasteiger partial charge in [0.25, 0.3) is 0 Å². The van der Waals surface area contributed by atoms with Gasteiger partial charge < -0.3 is 9.47 Å². The van der Waals surface area contributed by atoms with E-state index in [1.54, 1.807) is 0 Å². The van der Waals surface area contributed by atoms with Crippen molar-refractivity contribution in [1.82, 2.24) is 14.8 Å². The smallest absolute Gasteiger partial charge is 0.158 e. The molecule has 0 bridgehead atoms. The van der Waals surface area contributed by atoms with Crippen molar-refractivity contribution in [3.05, 3.63) is 29.6 Å². The highest BCUT2D eigenvalue weighted by Gasteiger charge is 2.24. The van der Waals surface area contributed by atoms with E-state index in [0.29, 0.717) is 5.92 Å². The second-order valence-electron chi connectivity index (χ2n) is 6.00. The zero-order valence-electron chi connectivity index (χ0n) is 12.9. The fourth-order valence-corrected chi connectivity index (χ4v) is 3.18. The summed E-state index contributed by atoms with van der Waals surface area (Å²) >= 11 is 0. The van der Waals surface area contributed by atoms with Gasteiger partial charge in [0, 0.05) is 31.1 Å². The second kappa shape index (κ2) is 5.72. The highest BCUT2D eigenvalue weighted by Crippen LogP contribution is 2.31. The standard InChI is InChI=1S/C17H21N3O2/c1-2-7-20-17(18-16(19-20)14-5-8-21-11-14)13-3-4-15-12(10-13)6-9-22-15/h3-4,10,14H,2,5-9,11H2,1H3/t14-/m1/s1. The van der Waals surface area contributed by atoms with E-state index in [4.69, 9.17) is 19.6 Å². The molecule has 1 aromatic carbocycles. The van der Waals surface area contributed by atoms with Crippen LogP contribution in [0.25, 0.3) is 11.4 Å². The van der Waals surface area contributed by atoms with Crippen LogP contribution in [0.3, 0.4) is 0 Å². The molecule has 0 N–H and O–H groups in total. The zero-order valence-corrected chi connectivity index (χ0v) is 12.9. The van der Waals surface area contributed by atoms with Crippen molar-refractivity contribution in [3.8, 4) is 17.1 Å². The Hall–Kier alpha value is -1.88. The van der Waals surface area contributed by atoms with Crippen LogP contribution < -0.4 is 4.74 Å². The van der Waals surface area contributed by atoms with Gasteiger partial charge in [0.1, 0.15) is 5.75 Å². The van der Waals surface area contributed by atoms with E-state index >= 15 is 0 Å². The van der Waals surface area contributed by atoms with Gasteiger partial charge in [-0.25, -0.2) is 9.67 Å². The van der Waals surface area contributed by atoms with E-state index in [-0.39, 0.29) is 0 Å². The molecule has 0 amide bonds. The van der Waals surface area contributed by atoms with E-state index in [1.807, 2.05) is 4.68 Å². The summed E-state index contributed by atoms with van der Waals surface area (Å²) in [7, 11) is 0. The highest BCUT2D eigenvalue weighted by molar-refractivity contribution is 5.60. The average Bonchev–Trinajstić information content (AvgIpc) is 3.27. The second-order valence-corrected chi connectivity index (χ2v) is 6.00. The number of hydrogen-bond donors (Lipinski definition) is 0. The quantitative estimate of drug-likeness (QED) is 0.871. The molecule has 0 saturated carbocycles. The average molecular weight is 299 g/mol. The van der Waals surface area contributed by atoms with Crippen LogP contribution in [0.1, 0.15) is 37.1 Å². The van der Waals surface area contributed by atoms with Gasteiger partial charge in [-0.1, -0.05) is 6.92 Å². The Morgan fingerprint density at radius 1 is 1.32 bits per heavy atom. The summed E-state index contributed by atoms with van der Waals surface area (Å²) in [5.41, 5.74) is 2.41. The van der Waals surface area contributed by atoms with Crippen molar-refractivity contribution in [3.63, 3.8) is 0 Å². The Kier molecular flexibility index (Phi) is 3.58. The summed E-state index contributed by atoms with van der Waals surface area (Å²) in [5.74, 6) is 3.25. The molecule has 0 spiro atoms. The Bertz CT molecular complexity index is 675. The number of rotatable bonds is 4. The first-order chi connectivity index (χ1) is 10.8. The monoisotopic (exact) mass is 299 g/mol. The minimum atomic E-state index is 0.342. The summed E-state index contributed by atoms with van der Waals surface area (Å²) < 4.78 is 13.1. The van der Waals surface area contributed by atoms with Crippen LogP contribution in [0.4, 0.5) is 0 Å². The summed E-state index contributed by atoms with van der Waals surface area (Å²) in [5, 5.41) is 4.75. The molecule has 5 heteroatoms. The predicted molar refractivity (Wildman–Crippen MR) is 83.1 cm³/mol. The van der Waals surface area contributed by atoms with Crippen LogP contribution in [0.2, 0.25) is 0 Å². The fourth-order valence-electron chi connectivity index (χ4n) is 3.18. The maximum Gasteiger partial charge on any atom is 0.158 e. The molecule has 1 aromatic heterocycles. The maximum absolute atomic E-state index is 5.59. The molecule has 22 heavy (non-hydrogen) atoms. The van der Waals surface area contributed by atoms with Crippen molar-refractivity contribution < 1.29 is 9.47 Å². The van der Waals surface area contributed by atoms with E-state index in [0.717, 1.165) is 68.6 Å². The van der Waals surface area contributed by atoms with Crippen LogP contribution in [0.15, 0.2) is 18.2 Å². The number of benzene rings is 1. The van der Waals surface area contributed by atoms with E-state index in [1.165, 1.54) is 5.56 Å². The van der Waals surface area contributed by atoms with Crippen LogP contribution in [-0.4, -0.2) is 34.6 Å². The first kappa shape index (κ1) is 13.8. The number of aryl methyl sites for hydroxylation is 1. The summed E-state index contributed by atoms with van der Waals surface area (Å²) in [4.78, 5) is 4.84. The summed E-state index contributed by atoms with van der Waals surface area (Å²) in [6.07, 6.45) is 3.05. The van der Waals surface area contributed by atoms with Gasteiger partial charge in [-0.15, -0.1) is 0 Å². The normalized spacial score (nSPS) is 20.1. The van der Waals surface area contributed by atoms with Crippen LogP contribution in [0, 0.1) is 0 Å². The molecule has 1 fully saturated rings. The third-order valence-electron chi connectivity index (χ3n) is 4.37. The van der Waals surface area contributed by atoms with Crippen molar-refractivity contribution in [2.45, 2.75) is 38.6 Å². The maximum atomic E-state index is 5.59. The molecule has 5 nitrogen and oxygen atoms in total. The number of nitrogens with zero attached hydrogens (tertiary/aromatic N) is 3. The van der Waals surface area contributed by atoms with Crippen LogP contribution in [-0.2, 0) is 17.7 Å². The lowest BCUT2D eigenvalue weighted by Crippen LogP contribution is -2.04. The van der Waals surface area contributed by atoms with Crippen molar-refractivity contribution in [2.24, 2.45) is 0 Å². The Labute approximate surface area is 130 Å². The predicted octanol–water partition coefficient (Wildman–Crippen LogP) is 2.79. The van der Waals surface area contributed by atoms with Gasteiger partial charge in [-0.05, 0) is 36.6 Å². The number of ether oxygens (including phenoxy) is 2. The summed E-state index contributed by atoms with van der Waals surface area (Å²) in [6, 6.07) is 6.35. The van der Waals surface area contributed by atoms with Gasteiger partial charge in [0.2, 0.25) is 0 Å². The molecule has 1 saturated heterocycles. The Balaban J connectivity index is 1.72. The first-order valence-electron chi connectivity index (χ1n) is 8.13. The van der Waals surface area contributed by atoms with Gasteiger partial charge in [0.15, 0.2) is 11.6 Å². The summed E-state index contributed by atoms with van der Waals surface area (Å²) in [6.45, 7) is 5.40. The van der Waals surface area contributed by atoms with Crippen LogP contribution in [0.5, 0.6) is 5.75 Å². The molecule has 0 radical (unpaired) electrons. The van der Waals surface area contributed by atoms with Crippen molar-refractivity contribution in [1.29, 1.82) is 0 Å². The molecule has 116 valence electrons. The first-order valence-corrected chi connectivity index (χ1v) is 8.13. The SMILES string of the molecule is CCCn1nc([C@@H]2CCOC2)nc1-c1ccc2c(c1)CCO2. The Morgan fingerprint density at radius 3 is 3.09 bits per heavy atom. The highest BCUT2D eigenvalue weighted by atomic mass is 16.5. The van der Waals surface area contributed by atoms with E-state index in [9.17, 15) is 0 Å². The van der Waals surface area contributed by atoms with Crippen molar-refractivity contribution in [2.75, 3.05) is 19.8 Å². The molecular formula is C17H21N3O2. The molecule has 0 aliphatic carbocycles. The molecule has 2 aliphatic rings. The lowest BCUT2D eigenvalue weighted by atomic mass is 10.1. The van der Waals surface area contributed by atoms with Gasteiger partial charge in [-0.2, -0.15) is 5.10 Å². The molecule has 1 atom stereocenters. The zero-order chi connectivity index (χ0) is 14.9. The largest absolute Gasteiger partial charge is 0.493 e. The number of hydrogen-bond acceptors (Lipinski definition) is 4. The van der Waals surface area contributed by atoms with Crippen molar-refractivity contribution >= 4 is 0 Å². The lowest BCUT2D eigenvalue weighted by molar-refractivity contribution is 0.193. The minimum absolute atomic E-state index is 0.342. The molecule has 2 aliphatic heterocycles. The van der Waals surface area contributed by atoms with Gasteiger partial charge >= 0.3 is 0 Å². The molecule has 4 rings (SSSR count). The third kappa shape index (κ3) is 2.39. The Morgan fingerprint density at radius 2 is 2.27 bits per heavy atom. The van der Waals surface area contributed by atoms with E-state index in [2.05, 4.69) is 25.1 Å². The molecule has 2 aromatic rings. The fraction of sp³-hybridized carbons (Fsp3) is 0.529. The minimum Gasteiger partial charge on any atom is -0.493 e.